The van der Waals surface area contributed by atoms with Crippen LogP contribution in [0.15, 0.2) is 235 Å². The van der Waals surface area contributed by atoms with E-state index in [-0.39, 0.29) is 0 Å². The molecule has 10 aromatic carbocycles. The zero-order valence-corrected chi connectivity index (χ0v) is 35.7. The third-order valence-electron chi connectivity index (χ3n) is 14.1. The molecule has 0 bridgehead atoms. The Morgan fingerprint density at radius 2 is 0.818 bits per heavy atom. The molecule has 0 saturated heterocycles. The first-order valence-corrected chi connectivity index (χ1v) is 22.6. The second-order valence-corrected chi connectivity index (χ2v) is 17.6. The summed E-state index contributed by atoms with van der Waals surface area (Å²) < 4.78 is 6.28. The minimum absolute atomic E-state index is 0.461. The van der Waals surface area contributed by atoms with Gasteiger partial charge in [-0.1, -0.05) is 176 Å². The van der Waals surface area contributed by atoms with Crippen LogP contribution in [0.1, 0.15) is 22.3 Å². The summed E-state index contributed by atoms with van der Waals surface area (Å²) in [7, 11) is 0. The van der Waals surface area contributed by atoms with Gasteiger partial charge < -0.3 is 4.42 Å². The molecule has 14 rings (SSSR count). The third kappa shape index (κ3) is 5.44. The van der Waals surface area contributed by atoms with Crippen LogP contribution in [0.2, 0.25) is 0 Å². The van der Waals surface area contributed by atoms with Crippen LogP contribution in [-0.4, -0.2) is 9.97 Å². The molecule has 0 N–H and O–H groups in total. The molecule has 0 atom stereocenters. The van der Waals surface area contributed by atoms with Crippen LogP contribution in [0.5, 0.6) is 0 Å². The molecule has 0 unspecified atom stereocenters. The molecule has 0 fully saturated rings. The maximum atomic E-state index is 6.28. The molecule has 2 heterocycles. The summed E-state index contributed by atoms with van der Waals surface area (Å²) in [5, 5.41) is 4.62. The van der Waals surface area contributed by atoms with Crippen LogP contribution in [0, 0.1) is 0 Å². The maximum absolute atomic E-state index is 6.28. The van der Waals surface area contributed by atoms with Crippen LogP contribution in [0.4, 0.5) is 0 Å². The highest BCUT2D eigenvalue weighted by Gasteiger charge is 2.51. The van der Waals surface area contributed by atoms with Crippen molar-refractivity contribution in [3.8, 4) is 78.4 Å². The molecule has 3 heteroatoms. The topological polar surface area (TPSA) is 38.9 Å². The summed E-state index contributed by atoms with van der Waals surface area (Å²) in [4.78, 5) is 10.8. The Balaban J connectivity index is 0.996. The normalized spacial score (nSPS) is 13.0. The van der Waals surface area contributed by atoms with Crippen molar-refractivity contribution in [3.63, 3.8) is 0 Å². The Labute approximate surface area is 382 Å². The van der Waals surface area contributed by atoms with E-state index in [0.717, 1.165) is 72.3 Å². The minimum Gasteiger partial charge on any atom is -0.456 e. The molecule has 0 aliphatic heterocycles. The van der Waals surface area contributed by atoms with Crippen molar-refractivity contribution in [2.45, 2.75) is 5.41 Å². The van der Waals surface area contributed by atoms with Crippen LogP contribution >= 0.6 is 0 Å². The molecule has 12 aromatic rings. The van der Waals surface area contributed by atoms with Gasteiger partial charge in [0, 0.05) is 27.5 Å². The fraction of sp³-hybridized carbons (Fsp3) is 0.0159. The number of fused-ring (bicyclic) bond motifs is 14. The Kier molecular flexibility index (Phi) is 7.90. The lowest BCUT2D eigenvalue weighted by Gasteiger charge is -2.30. The van der Waals surface area contributed by atoms with Gasteiger partial charge in [0.1, 0.15) is 11.2 Å². The van der Waals surface area contributed by atoms with Crippen molar-refractivity contribution in [2.24, 2.45) is 0 Å². The van der Waals surface area contributed by atoms with Gasteiger partial charge in [-0.25, -0.2) is 9.97 Å². The third-order valence-corrected chi connectivity index (χ3v) is 14.1. The van der Waals surface area contributed by atoms with E-state index in [1.807, 2.05) is 18.2 Å². The zero-order chi connectivity index (χ0) is 43.3. The van der Waals surface area contributed by atoms with E-state index < -0.39 is 5.41 Å². The van der Waals surface area contributed by atoms with Crippen molar-refractivity contribution in [1.82, 2.24) is 9.97 Å². The molecule has 0 amide bonds. The Morgan fingerprint density at radius 3 is 1.55 bits per heavy atom. The SMILES string of the molecule is c1ccc(-c2nc(-c3cc(-c4ccc5ccccc5c4)cc(-c4ccc5oc6ccccc6c5c4)c3)cc(-c3ccc4c(c3)C3(c5ccccc5-c5ccccc53)c3ccccc3-4)n2)cc1. The number of furan rings is 1. The number of benzene rings is 10. The maximum Gasteiger partial charge on any atom is 0.160 e. The summed E-state index contributed by atoms with van der Waals surface area (Å²) in [5.41, 5.74) is 20.9. The number of rotatable bonds is 5. The van der Waals surface area contributed by atoms with Gasteiger partial charge in [0.25, 0.3) is 0 Å². The molecule has 3 nitrogen and oxygen atoms in total. The van der Waals surface area contributed by atoms with Crippen molar-refractivity contribution in [2.75, 3.05) is 0 Å². The van der Waals surface area contributed by atoms with E-state index in [1.54, 1.807) is 0 Å². The first-order valence-electron chi connectivity index (χ1n) is 22.6. The lowest BCUT2D eigenvalue weighted by molar-refractivity contribution is 0.669. The summed E-state index contributed by atoms with van der Waals surface area (Å²) in [6.45, 7) is 0. The first-order chi connectivity index (χ1) is 32.7. The Bertz CT molecular complexity index is 3890. The summed E-state index contributed by atoms with van der Waals surface area (Å²) in [5.74, 6) is 0.683. The second-order valence-electron chi connectivity index (χ2n) is 17.6. The van der Waals surface area contributed by atoms with Crippen molar-refractivity contribution >= 4 is 32.7 Å². The molecule has 66 heavy (non-hydrogen) atoms. The molecule has 2 aliphatic carbocycles. The predicted molar refractivity (Wildman–Crippen MR) is 270 cm³/mol. The molecule has 1 spiro atoms. The molecule has 0 saturated carbocycles. The molecule has 306 valence electrons. The zero-order valence-electron chi connectivity index (χ0n) is 35.7. The Morgan fingerprint density at radius 1 is 0.288 bits per heavy atom. The molecule has 0 radical (unpaired) electrons. The number of aromatic nitrogens is 2. The van der Waals surface area contributed by atoms with Crippen LogP contribution in [0.25, 0.3) is 111 Å². The monoisotopic (exact) mass is 838 g/mol. The van der Waals surface area contributed by atoms with E-state index in [4.69, 9.17) is 14.4 Å². The van der Waals surface area contributed by atoms with E-state index in [0.29, 0.717) is 5.82 Å². The summed E-state index contributed by atoms with van der Waals surface area (Å²) in [6, 6.07) is 83.5. The van der Waals surface area contributed by atoms with Crippen molar-refractivity contribution in [1.29, 1.82) is 0 Å². The number of hydrogen-bond acceptors (Lipinski definition) is 3. The van der Waals surface area contributed by atoms with Crippen molar-refractivity contribution in [3.05, 3.63) is 253 Å². The largest absolute Gasteiger partial charge is 0.456 e. The van der Waals surface area contributed by atoms with Gasteiger partial charge in [-0.05, 0) is 132 Å². The van der Waals surface area contributed by atoms with Gasteiger partial charge >= 0.3 is 0 Å². The van der Waals surface area contributed by atoms with Gasteiger partial charge in [0.15, 0.2) is 5.82 Å². The average Bonchev–Trinajstić information content (AvgIpc) is 4.02. The van der Waals surface area contributed by atoms with Gasteiger partial charge in [-0.2, -0.15) is 0 Å². The first kappa shape index (κ1) is 36.8. The lowest BCUT2D eigenvalue weighted by atomic mass is 9.70. The second kappa shape index (κ2) is 14.2. The predicted octanol–water partition coefficient (Wildman–Crippen LogP) is 16.2. The number of nitrogens with zero attached hydrogens (tertiary/aromatic N) is 2. The fourth-order valence-electron chi connectivity index (χ4n) is 11.1. The van der Waals surface area contributed by atoms with Crippen LogP contribution < -0.4 is 0 Å². The smallest absolute Gasteiger partial charge is 0.160 e. The van der Waals surface area contributed by atoms with E-state index in [2.05, 4.69) is 212 Å². The van der Waals surface area contributed by atoms with Gasteiger partial charge in [0.05, 0.1) is 16.8 Å². The van der Waals surface area contributed by atoms with E-state index >= 15 is 0 Å². The molecular formula is C63H38N2O. The van der Waals surface area contributed by atoms with E-state index in [1.165, 1.54) is 55.3 Å². The molecule has 2 aliphatic rings. The quantitative estimate of drug-likeness (QED) is 0.173. The fourth-order valence-corrected chi connectivity index (χ4v) is 11.1. The summed E-state index contributed by atoms with van der Waals surface area (Å²) >= 11 is 0. The van der Waals surface area contributed by atoms with Crippen LogP contribution in [-0.2, 0) is 5.41 Å². The minimum atomic E-state index is -0.461. The highest BCUT2D eigenvalue weighted by Crippen LogP contribution is 2.63. The summed E-state index contributed by atoms with van der Waals surface area (Å²) in [6.07, 6.45) is 0. The standard InChI is InChI=1S/C63H38N2O/c1-2-15-40(16-3-1)62-64-58(44-28-30-51-50-20-8-12-24-56(50)63(57(51)37-44)54-22-10-6-18-48(54)49-19-7-11-23-55(49)63)38-59(65-62)47-34-45(42-27-26-39-14-4-5-17-41(39)32-42)33-46(35-47)43-29-31-61-53(36-43)52-21-9-13-25-60(52)66-61/h1-38H. The van der Waals surface area contributed by atoms with Gasteiger partial charge in [-0.3, -0.25) is 0 Å². The molecule has 2 aromatic heterocycles. The van der Waals surface area contributed by atoms with Crippen LogP contribution in [0.3, 0.4) is 0 Å². The Hall–Kier alpha value is -8.66. The number of hydrogen-bond donors (Lipinski definition) is 0. The molecular weight excluding hydrogens is 801 g/mol. The highest BCUT2D eigenvalue weighted by atomic mass is 16.3. The highest BCUT2D eigenvalue weighted by molar-refractivity contribution is 6.06. The number of para-hydroxylation sites is 1. The van der Waals surface area contributed by atoms with Gasteiger partial charge in [-0.15, -0.1) is 0 Å². The lowest BCUT2D eigenvalue weighted by Crippen LogP contribution is -2.25. The average molecular weight is 839 g/mol. The van der Waals surface area contributed by atoms with E-state index in [9.17, 15) is 0 Å². The van der Waals surface area contributed by atoms with Gasteiger partial charge in [0.2, 0.25) is 0 Å². The van der Waals surface area contributed by atoms with Crippen molar-refractivity contribution < 1.29 is 4.42 Å².